The topological polar surface area (TPSA) is 49.9 Å². The van der Waals surface area contributed by atoms with E-state index in [0.29, 0.717) is 21.4 Å². The number of hydrogen-bond donors (Lipinski definition) is 0. The second-order valence-corrected chi connectivity index (χ2v) is 8.38. The standard InChI is InChI=1S/C20H15BrCl2N2O3S/c1-24-18(26)14(19(27)25(2)20(24)29)9-12-8-13(21)4-6-17(12)28-10-11-3-5-15(22)16(23)7-11/h3-9H,10H2,1-2H3. The lowest BCUT2D eigenvalue weighted by molar-refractivity contribution is -0.132. The van der Waals surface area contributed by atoms with Crippen LogP contribution >= 0.6 is 51.3 Å². The van der Waals surface area contributed by atoms with E-state index < -0.39 is 11.8 Å². The Morgan fingerprint density at radius 1 is 1.03 bits per heavy atom. The van der Waals surface area contributed by atoms with Crippen molar-refractivity contribution >= 4 is 74.4 Å². The van der Waals surface area contributed by atoms with Crippen LogP contribution in [0.2, 0.25) is 10.0 Å². The molecule has 2 aromatic rings. The maximum atomic E-state index is 12.6. The molecule has 150 valence electrons. The smallest absolute Gasteiger partial charge is 0.265 e. The molecule has 0 saturated carbocycles. The Morgan fingerprint density at radius 2 is 1.69 bits per heavy atom. The molecule has 0 N–H and O–H groups in total. The maximum absolute atomic E-state index is 12.6. The van der Waals surface area contributed by atoms with Gasteiger partial charge in [0.2, 0.25) is 0 Å². The number of thiocarbonyl (C=S) groups is 1. The largest absolute Gasteiger partial charge is 0.488 e. The van der Waals surface area contributed by atoms with Gasteiger partial charge in [-0.2, -0.15) is 0 Å². The third kappa shape index (κ3) is 4.64. The third-order valence-electron chi connectivity index (χ3n) is 4.29. The van der Waals surface area contributed by atoms with Crippen LogP contribution in [-0.2, 0) is 16.2 Å². The van der Waals surface area contributed by atoms with Crippen LogP contribution < -0.4 is 4.74 Å². The van der Waals surface area contributed by atoms with Gasteiger partial charge in [0.15, 0.2) is 5.11 Å². The number of likely N-dealkylation sites (N-methyl/N-ethyl adjacent to an activating group) is 2. The predicted molar refractivity (Wildman–Crippen MR) is 121 cm³/mol. The average Bonchev–Trinajstić information content (AvgIpc) is 2.70. The Kier molecular flexibility index (Phi) is 6.63. The van der Waals surface area contributed by atoms with Crippen molar-refractivity contribution in [2.75, 3.05) is 14.1 Å². The molecule has 5 nitrogen and oxygen atoms in total. The summed E-state index contributed by atoms with van der Waals surface area (Å²) in [6.07, 6.45) is 1.51. The summed E-state index contributed by atoms with van der Waals surface area (Å²) < 4.78 is 6.69. The summed E-state index contributed by atoms with van der Waals surface area (Å²) in [7, 11) is 3.06. The van der Waals surface area contributed by atoms with Crippen LogP contribution in [0.3, 0.4) is 0 Å². The van der Waals surface area contributed by atoms with Gasteiger partial charge in [-0.05, 0) is 54.2 Å². The van der Waals surface area contributed by atoms with Crippen LogP contribution in [0, 0.1) is 0 Å². The zero-order valence-electron chi connectivity index (χ0n) is 15.4. The summed E-state index contributed by atoms with van der Waals surface area (Å²) in [5.41, 5.74) is 1.40. The fourth-order valence-corrected chi connectivity index (χ4v) is 3.55. The van der Waals surface area contributed by atoms with Gasteiger partial charge in [0, 0.05) is 24.1 Å². The number of amides is 2. The SMILES string of the molecule is CN1C(=O)C(=Cc2cc(Br)ccc2OCc2ccc(Cl)c(Cl)c2)C(=O)N(C)C1=S. The predicted octanol–water partition coefficient (Wildman–Crippen LogP) is 4.93. The van der Waals surface area contributed by atoms with Crippen molar-refractivity contribution in [1.82, 2.24) is 9.80 Å². The lowest BCUT2D eigenvalue weighted by Gasteiger charge is -2.31. The lowest BCUT2D eigenvalue weighted by Crippen LogP contribution is -2.52. The molecule has 0 atom stereocenters. The van der Waals surface area contributed by atoms with E-state index in [2.05, 4.69) is 15.9 Å². The van der Waals surface area contributed by atoms with Gasteiger partial charge in [0.05, 0.1) is 10.0 Å². The second kappa shape index (κ2) is 8.83. The highest BCUT2D eigenvalue weighted by atomic mass is 79.9. The van der Waals surface area contributed by atoms with Crippen molar-refractivity contribution in [3.8, 4) is 5.75 Å². The molecular formula is C20H15BrCl2N2O3S. The molecule has 2 aromatic carbocycles. The highest BCUT2D eigenvalue weighted by Crippen LogP contribution is 2.29. The summed E-state index contributed by atoms with van der Waals surface area (Å²) in [6, 6.07) is 10.6. The van der Waals surface area contributed by atoms with Crippen LogP contribution in [0.1, 0.15) is 11.1 Å². The third-order valence-corrected chi connectivity index (χ3v) is 6.07. The number of halogens is 3. The van der Waals surface area contributed by atoms with E-state index in [9.17, 15) is 9.59 Å². The average molecular weight is 514 g/mol. The van der Waals surface area contributed by atoms with Crippen molar-refractivity contribution in [1.29, 1.82) is 0 Å². The molecule has 0 spiro atoms. The highest BCUT2D eigenvalue weighted by Gasteiger charge is 2.35. The number of rotatable bonds is 4. The Labute approximate surface area is 192 Å². The van der Waals surface area contributed by atoms with Crippen molar-refractivity contribution in [3.63, 3.8) is 0 Å². The van der Waals surface area contributed by atoms with Crippen LogP contribution in [0.25, 0.3) is 6.08 Å². The summed E-state index contributed by atoms with van der Waals surface area (Å²) in [4.78, 5) is 27.7. The van der Waals surface area contributed by atoms with Gasteiger partial charge in [0.1, 0.15) is 17.9 Å². The molecule has 1 aliphatic rings. The number of nitrogens with zero attached hydrogens (tertiary/aromatic N) is 2. The van der Waals surface area contributed by atoms with Crippen LogP contribution in [-0.4, -0.2) is 40.8 Å². The van der Waals surface area contributed by atoms with Gasteiger partial charge in [-0.1, -0.05) is 45.2 Å². The van der Waals surface area contributed by atoms with E-state index >= 15 is 0 Å². The number of carbonyl (C=O) groups is 2. The van der Waals surface area contributed by atoms with E-state index in [0.717, 1.165) is 10.0 Å². The minimum absolute atomic E-state index is 0.00101. The van der Waals surface area contributed by atoms with E-state index in [1.165, 1.54) is 30.0 Å². The first kappa shape index (κ1) is 21.8. The molecule has 1 fully saturated rings. The minimum Gasteiger partial charge on any atom is -0.488 e. The van der Waals surface area contributed by atoms with Crippen LogP contribution in [0.5, 0.6) is 5.75 Å². The normalized spacial score (nSPS) is 14.5. The molecule has 1 aliphatic heterocycles. The number of hydrogen-bond acceptors (Lipinski definition) is 4. The van der Waals surface area contributed by atoms with Gasteiger partial charge in [-0.25, -0.2) is 0 Å². The Morgan fingerprint density at radius 3 is 2.31 bits per heavy atom. The minimum atomic E-state index is -0.464. The Hall–Kier alpha value is -1.93. The molecule has 1 saturated heterocycles. The van der Waals surface area contributed by atoms with Gasteiger partial charge < -0.3 is 4.74 Å². The summed E-state index contributed by atoms with van der Waals surface area (Å²) in [5.74, 6) is -0.423. The van der Waals surface area contributed by atoms with Crippen molar-refractivity contribution in [2.24, 2.45) is 0 Å². The molecule has 1 heterocycles. The first-order chi connectivity index (χ1) is 13.7. The fourth-order valence-electron chi connectivity index (χ4n) is 2.68. The van der Waals surface area contributed by atoms with Gasteiger partial charge >= 0.3 is 0 Å². The molecule has 2 amide bonds. The highest BCUT2D eigenvalue weighted by molar-refractivity contribution is 9.10. The number of carbonyl (C=O) groups excluding carboxylic acids is 2. The Bertz CT molecular complexity index is 1030. The molecule has 3 rings (SSSR count). The van der Waals surface area contributed by atoms with Crippen LogP contribution in [0.4, 0.5) is 0 Å². The maximum Gasteiger partial charge on any atom is 0.265 e. The van der Waals surface area contributed by atoms with Gasteiger partial charge in [-0.15, -0.1) is 0 Å². The van der Waals surface area contributed by atoms with E-state index in [1.807, 2.05) is 12.1 Å². The first-order valence-corrected chi connectivity index (χ1v) is 10.3. The monoisotopic (exact) mass is 512 g/mol. The van der Waals surface area contributed by atoms with E-state index in [4.69, 9.17) is 40.2 Å². The van der Waals surface area contributed by atoms with E-state index in [1.54, 1.807) is 24.3 Å². The lowest BCUT2D eigenvalue weighted by atomic mass is 10.1. The Balaban J connectivity index is 1.93. The number of ether oxygens (including phenoxy) is 1. The molecule has 29 heavy (non-hydrogen) atoms. The molecule has 9 heteroatoms. The zero-order valence-corrected chi connectivity index (χ0v) is 19.3. The second-order valence-electron chi connectivity index (χ2n) is 6.29. The summed E-state index contributed by atoms with van der Waals surface area (Å²) in [6.45, 7) is 0.237. The molecule has 0 bridgehead atoms. The molecule has 0 aromatic heterocycles. The molecular weight excluding hydrogens is 499 g/mol. The van der Waals surface area contributed by atoms with Gasteiger partial charge in [0.25, 0.3) is 11.8 Å². The quantitative estimate of drug-likeness (QED) is 0.330. The van der Waals surface area contributed by atoms with Crippen molar-refractivity contribution in [3.05, 3.63) is 67.6 Å². The van der Waals surface area contributed by atoms with Gasteiger partial charge in [-0.3, -0.25) is 19.4 Å². The molecule has 0 radical (unpaired) electrons. The van der Waals surface area contributed by atoms with Crippen molar-refractivity contribution in [2.45, 2.75) is 6.61 Å². The van der Waals surface area contributed by atoms with Crippen molar-refractivity contribution < 1.29 is 14.3 Å². The molecule has 0 unspecified atom stereocenters. The number of benzene rings is 2. The fraction of sp³-hybridized carbons (Fsp3) is 0.150. The molecule has 0 aliphatic carbocycles. The zero-order chi connectivity index (χ0) is 21.3. The summed E-state index contributed by atoms with van der Waals surface area (Å²) in [5, 5.41) is 1.05. The van der Waals surface area contributed by atoms with E-state index in [-0.39, 0.29) is 17.3 Å². The van der Waals surface area contributed by atoms with Crippen LogP contribution in [0.15, 0.2) is 46.4 Å². The summed E-state index contributed by atoms with van der Waals surface area (Å²) >= 11 is 20.5. The first-order valence-electron chi connectivity index (χ1n) is 8.37.